The fraction of sp³-hybridized carbons (Fsp3) is 0.375. The van der Waals surface area contributed by atoms with Crippen molar-refractivity contribution in [3.05, 3.63) is 12.7 Å². The third-order valence-corrected chi connectivity index (χ3v) is 0.923. The molecule has 0 rings (SSSR count). The van der Waals surface area contributed by atoms with E-state index >= 15 is 0 Å². The van der Waals surface area contributed by atoms with Gasteiger partial charge in [-0.15, -0.1) is 0 Å². The van der Waals surface area contributed by atoms with Crippen LogP contribution in [0.4, 0.5) is 0 Å². The van der Waals surface area contributed by atoms with Crippen LogP contribution in [0.2, 0.25) is 0 Å². The molecule has 0 aliphatic rings. The van der Waals surface area contributed by atoms with Crippen molar-refractivity contribution in [2.24, 2.45) is 5.16 Å². The Hall–Kier alpha value is -1.83. The fourth-order valence-corrected chi connectivity index (χ4v) is 0.457. The minimum absolute atomic E-state index is 0.143. The Bertz CT molecular complexity index is 253. The maximum Gasteiger partial charge on any atom is 0.371 e. The van der Waals surface area contributed by atoms with E-state index in [1.54, 1.807) is 13.0 Å². The standard InChI is InChI=1S/C8H10N2O3/c1-3-5-13-10-7(6-9)8(11)12-4-2/h3H,1,4-5H2,2H3. The molecule has 70 valence electrons. The number of rotatable bonds is 5. The highest BCUT2D eigenvalue weighted by Gasteiger charge is 2.11. The number of esters is 1. The summed E-state index contributed by atoms with van der Waals surface area (Å²) in [5.74, 6) is -0.783. The van der Waals surface area contributed by atoms with Gasteiger partial charge < -0.3 is 9.57 Å². The van der Waals surface area contributed by atoms with Crippen molar-refractivity contribution >= 4 is 11.7 Å². The van der Waals surface area contributed by atoms with Crippen molar-refractivity contribution in [2.45, 2.75) is 6.92 Å². The Balaban J connectivity index is 4.16. The number of carbonyl (C=O) groups is 1. The largest absolute Gasteiger partial charge is 0.461 e. The van der Waals surface area contributed by atoms with E-state index in [1.807, 2.05) is 0 Å². The lowest BCUT2D eigenvalue weighted by Crippen LogP contribution is -2.16. The van der Waals surface area contributed by atoms with Crippen LogP contribution < -0.4 is 0 Å². The molecule has 0 aliphatic carbocycles. The van der Waals surface area contributed by atoms with E-state index < -0.39 is 11.7 Å². The van der Waals surface area contributed by atoms with E-state index in [-0.39, 0.29) is 13.2 Å². The smallest absolute Gasteiger partial charge is 0.371 e. The predicted octanol–water partition coefficient (Wildman–Crippen LogP) is 0.632. The van der Waals surface area contributed by atoms with Gasteiger partial charge in [0.05, 0.1) is 6.61 Å². The number of hydrogen-bond donors (Lipinski definition) is 0. The minimum Gasteiger partial charge on any atom is -0.461 e. The molecule has 0 bridgehead atoms. The summed E-state index contributed by atoms with van der Waals surface area (Å²) in [5, 5.41) is 11.7. The Kier molecular flexibility index (Phi) is 5.89. The van der Waals surface area contributed by atoms with Crippen molar-refractivity contribution in [1.82, 2.24) is 0 Å². The molecule has 0 saturated carbocycles. The predicted molar refractivity (Wildman–Crippen MR) is 45.8 cm³/mol. The van der Waals surface area contributed by atoms with Gasteiger partial charge in [-0.2, -0.15) is 5.26 Å². The molecule has 0 heterocycles. The van der Waals surface area contributed by atoms with Crippen LogP contribution in [0, 0.1) is 11.3 Å². The number of carbonyl (C=O) groups excluding carboxylic acids is 1. The molecule has 0 amide bonds. The molecule has 0 radical (unpaired) electrons. The van der Waals surface area contributed by atoms with Crippen LogP contribution in [-0.2, 0) is 14.4 Å². The first-order valence-electron chi connectivity index (χ1n) is 3.64. The van der Waals surface area contributed by atoms with Gasteiger partial charge in [0.2, 0.25) is 0 Å². The molecule has 13 heavy (non-hydrogen) atoms. The van der Waals surface area contributed by atoms with E-state index in [0.29, 0.717) is 0 Å². The summed E-state index contributed by atoms with van der Waals surface area (Å²) in [4.78, 5) is 15.4. The van der Waals surface area contributed by atoms with Crippen LogP contribution in [0.3, 0.4) is 0 Å². The second kappa shape index (κ2) is 6.85. The molecule has 0 atom stereocenters. The molecule has 5 nitrogen and oxygen atoms in total. The van der Waals surface area contributed by atoms with Gasteiger partial charge in [-0.3, -0.25) is 0 Å². The molecule has 0 fully saturated rings. The lowest BCUT2D eigenvalue weighted by molar-refractivity contribution is -0.135. The van der Waals surface area contributed by atoms with Crippen LogP contribution in [0.1, 0.15) is 6.92 Å². The fourth-order valence-electron chi connectivity index (χ4n) is 0.457. The summed E-state index contributed by atoms with van der Waals surface area (Å²) in [7, 11) is 0. The SMILES string of the molecule is C=CCON=C(C#N)C(=O)OCC. The Morgan fingerprint density at radius 3 is 2.92 bits per heavy atom. The Labute approximate surface area is 76.2 Å². The lowest BCUT2D eigenvalue weighted by Gasteiger charge is -1.97. The van der Waals surface area contributed by atoms with E-state index in [0.717, 1.165) is 0 Å². The van der Waals surface area contributed by atoms with Gasteiger partial charge in [-0.25, -0.2) is 4.79 Å². The number of nitrogens with zero attached hydrogens (tertiary/aromatic N) is 2. The molecule has 0 aromatic heterocycles. The molecular weight excluding hydrogens is 172 g/mol. The van der Waals surface area contributed by atoms with Crippen LogP contribution in [0.5, 0.6) is 0 Å². The summed E-state index contributed by atoms with van der Waals surface area (Å²) in [6.07, 6.45) is 1.45. The van der Waals surface area contributed by atoms with Gasteiger partial charge in [0.15, 0.2) is 0 Å². The third kappa shape index (κ3) is 4.58. The Morgan fingerprint density at radius 2 is 2.46 bits per heavy atom. The van der Waals surface area contributed by atoms with E-state index in [1.165, 1.54) is 6.08 Å². The van der Waals surface area contributed by atoms with Crippen molar-refractivity contribution in [2.75, 3.05) is 13.2 Å². The zero-order valence-corrected chi connectivity index (χ0v) is 7.32. The van der Waals surface area contributed by atoms with Crippen LogP contribution in [-0.4, -0.2) is 24.9 Å². The molecule has 0 N–H and O–H groups in total. The van der Waals surface area contributed by atoms with Crippen LogP contribution in [0.25, 0.3) is 0 Å². The highest BCUT2D eigenvalue weighted by atomic mass is 16.6. The first-order chi connectivity index (χ1) is 6.26. The molecule has 0 spiro atoms. The summed E-state index contributed by atoms with van der Waals surface area (Å²) in [6.45, 7) is 5.35. The molecule has 0 saturated heterocycles. The monoisotopic (exact) mass is 182 g/mol. The quantitative estimate of drug-likeness (QED) is 0.205. The van der Waals surface area contributed by atoms with Gasteiger partial charge >= 0.3 is 5.97 Å². The van der Waals surface area contributed by atoms with Gasteiger partial charge in [0.1, 0.15) is 12.7 Å². The second-order valence-corrected chi connectivity index (χ2v) is 1.86. The van der Waals surface area contributed by atoms with Crippen molar-refractivity contribution < 1.29 is 14.4 Å². The molecule has 0 aromatic carbocycles. The minimum atomic E-state index is -0.783. The number of ether oxygens (including phenoxy) is 1. The summed E-state index contributed by atoms with van der Waals surface area (Å²) in [6, 6.07) is 1.56. The highest BCUT2D eigenvalue weighted by molar-refractivity contribution is 6.42. The highest BCUT2D eigenvalue weighted by Crippen LogP contribution is 1.86. The lowest BCUT2D eigenvalue weighted by atomic mass is 10.4. The number of oxime groups is 1. The molecular formula is C8H10N2O3. The normalized spacial score (nSPS) is 10.0. The number of nitriles is 1. The first kappa shape index (κ1) is 11.2. The van der Waals surface area contributed by atoms with E-state index in [4.69, 9.17) is 5.26 Å². The zero-order chi connectivity index (χ0) is 10.1. The second-order valence-electron chi connectivity index (χ2n) is 1.86. The van der Waals surface area contributed by atoms with Crippen molar-refractivity contribution in [3.8, 4) is 6.07 Å². The summed E-state index contributed by atoms with van der Waals surface area (Å²) < 4.78 is 4.53. The van der Waals surface area contributed by atoms with Gasteiger partial charge in [0.25, 0.3) is 5.71 Å². The van der Waals surface area contributed by atoms with Gasteiger partial charge in [-0.1, -0.05) is 17.8 Å². The topological polar surface area (TPSA) is 71.7 Å². The average Bonchev–Trinajstić information content (AvgIpc) is 2.13. The summed E-state index contributed by atoms with van der Waals surface area (Å²) >= 11 is 0. The zero-order valence-electron chi connectivity index (χ0n) is 7.32. The van der Waals surface area contributed by atoms with Crippen molar-refractivity contribution in [3.63, 3.8) is 0 Å². The molecule has 0 unspecified atom stereocenters. The van der Waals surface area contributed by atoms with E-state index in [9.17, 15) is 4.79 Å². The first-order valence-corrected chi connectivity index (χ1v) is 3.64. The summed E-state index contributed by atoms with van der Waals surface area (Å²) in [5.41, 5.74) is -0.399. The average molecular weight is 182 g/mol. The molecule has 0 aromatic rings. The van der Waals surface area contributed by atoms with Gasteiger partial charge in [-0.05, 0) is 6.92 Å². The molecule has 0 aliphatic heterocycles. The maximum absolute atomic E-state index is 10.9. The number of hydrogen-bond acceptors (Lipinski definition) is 5. The van der Waals surface area contributed by atoms with E-state index in [2.05, 4.69) is 21.3 Å². The van der Waals surface area contributed by atoms with Crippen LogP contribution >= 0.6 is 0 Å². The molecule has 5 heteroatoms. The Morgan fingerprint density at radius 1 is 1.77 bits per heavy atom. The van der Waals surface area contributed by atoms with Gasteiger partial charge in [0, 0.05) is 0 Å². The van der Waals surface area contributed by atoms with Crippen LogP contribution in [0.15, 0.2) is 17.8 Å². The van der Waals surface area contributed by atoms with Crippen molar-refractivity contribution in [1.29, 1.82) is 5.26 Å². The maximum atomic E-state index is 10.9. The third-order valence-electron chi connectivity index (χ3n) is 0.923.